The van der Waals surface area contributed by atoms with Gasteiger partial charge in [0.15, 0.2) is 0 Å². The maximum Gasteiger partial charge on any atom is 0.0681 e. The molecule has 1 aromatic carbocycles. The van der Waals surface area contributed by atoms with Crippen LogP contribution in [0.2, 0.25) is 0 Å². The Bertz CT molecular complexity index is 270. The van der Waals surface area contributed by atoms with E-state index in [9.17, 15) is 0 Å². The second kappa shape index (κ2) is 4.61. The smallest absolute Gasteiger partial charge is 0.0681 e. The van der Waals surface area contributed by atoms with Crippen LogP contribution < -0.4 is 0 Å². The molecule has 0 aromatic heterocycles. The number of aliphatic hydroxyl groups is 1. The number of rotatable bonds is 4. The molecule has 0 atom stereocenters. The van der Waals surface area contributed by atoms with E-state index in [-0.39, 0.29) is 12.0 Å². The van der Waals surface area contributed by atoms with Gasteiger partial charge in [-0.25, -0.2) is 0 Å². The summed E-state index contributed by atoms with van der Waals surface area (Å²) < 4.78 is 0. The molecule has 0 bridgehead atoms. The second-order valence-electron chi connectivity index (χ2n) is 4.12. The highest BCUT2D eigenvalue weighted by Gasteiger charge is 2.21. The summed E-state index contributed by atoms with van der Waals surface area (Å²) in [5.74, 6) is 0. The topological polar surface area (TPSA) is 20.2 Å². The van der Waals surface area contributed by atoms with E-state index in [0.29, 0.717) is 0 Å². The molecular weight excluding hydrogens is 172 g/mol. The summed E-state index contributed by atoms with van der Waals surface area (Å²) in [6.45, 7) is 6.88. The molecular formula is C13H20O. The first-order valence-corrected chi connectivity index (χ1v) is 5.36. The van der Waals surface area contributed by atoms with Crippen molar-refractivity contribution >= 4 is 0 Å². The summed E-state index contributed by atoms with van der Waals surface area (Å²) in [6.07, 6.45) is 2.31. The van der Waals surface area contributed by atoms with Crippen LogP contribution in [0, 0.1) is 0 Å². The van der Waals surface area contributed by atoms with Gasteiger partial charge in [-0.05, 0) is 29.4 Å². The van der Waals surface area contributed by atoms with Gasteiger partial charge < -0.3 is 5.11 Å². The molecule has 0 saturated heterocycles. The van der Waals surface area contributed by atoms with Crippen LogP contribution in [0.1, 0.15) is 44.7 Å². The van der Waals surface area contributed by atoms with Crippen molar-refractivity contribution in [2.45, 2.75) is 45.6 Å². The summed E-state index contributed by atoms with van der Waals surface area (Å²) in [7, 11) is 0. The van der Waals surface area contributed by atoms with Crippen LogP contribution in [0.25, 0.3) is 0 Å². The van der Waals surface area contributed by atoms with Crippen molar-refractivity contribution in [2.24, 2.45) is 0 Å². The Kier molecular flexibility index (Phi) is 3.70. The van der Waals surface area contributed by atoms with Crippen LogP contribution in [0.3, 0.4) is 0 Å². The van der Waals surface area contributed by atoms with E-state index in [0.717, 1.165) is 18.4 Å². The largest absolute Gasteiger partial charge is 0.392 e. The zero-order chi connectivity index (χ0) is 10.6. The molecule has 0 radical (unpaired) electrons. The standard InChI is InChI=1S/C13H20O/c1-4-13(3,5-2)12-8-6-11(10-14)7-9-12/h6-9,14H,4-5,10H2,1-3H3. The van der Waals surface area contributed by atoms with Crippen molar-refractivity contribution in [3.8, 4) is 0 Å². The van der Waals surface area contributed by atoms with E-state index in [2.05, 4.69) is 32.9 Å². The maximum atomic E-state index is 8.95. The third-order valence-corrected chi connectivity index (χ3v) is 3.39. The molecule has 1 N–H and O–H groups in total. The van der Waals surface area contributed by atoms with Crippen molar-refractivity contribution in [1.82, 2.24) is 0 Å². The van der Waals surface area contributed by atoms with E-state index in [1.807, 2.05) is 12.1 Å². The van der Waals surface area contributed by atoms with Crippen molar-refractivity contribution in [3.05, 3.63) is 35.4 Å². The predicted octanol–water partition coefficient (Wildman–Crippen LogP) is 3.26. The summed E-state index contributed by atoms with van der Waals surface area (Å²) >= 11 is 0. The molecule has 0 unspecified atom stereocenters. The third-order valence-electron chi connectivity index (χ3n) is 3.39. The normalized spacial score (nSPS) is 11.7. The molecule has 0 aliphatic carbocycles. The van der Waals surface area contributed by atoms with Gasteiger partial charge in [0.2, 0.25) is 0 Å². The summed E-state index contributed by atoms with van der Waals surface area (Å²) in [4.78, 5) is 0. The highest BCUT2D eigenvalue weighted by Crippen LogP contribution is 2.30. The van der Waals surface area contributed by atoms with Gasteiger partial charge in [-0.3, -0.25) is 0 Å². The zero-order valence-corrected chi connectivity index (χ0v) is 9.38. The van der Waals surface area contributed by atoms with Gasteiger partial charge in [-0.1, -0.05) is 45.0 Å². The Morgan fingerprint density at radius 2 is 1.57 bits per heavy atom. The molecule has 1 rings (SSSR count). The average Bonchev–Trinajstić information content (AvgIpc) is 2.28. The predicted molar refractivity (Wildman–Crippen MR) is 60.3 cm³/mol. The van der Waals surface area contributed by atoms with Gasteiger partial charge in [0.05, 0.1) is 6.61 Å². The summed E-state index contributed by atoms with van der Waals surface area (Å²) in [5, 5.41) is 8.95. The van der Waals surface area contributed by atoms with Crippen molar-refractivity contribution in [1.29, 1.82) is 0 Å². The van der Waals surface area contributed by atoms with Crippen LogP contribution >= 0.6 is 0 Å². The molecule has 0 amide bonds. The first kappa shape index (κ1) is 11.3. The quantitative estimate of drug-likeness (QED) is 0.776. The van der Waals surface area contributed by atoms with Gasteiger partial charge in [-0.15, -0.1) is 0 Å². The molecule has 78 valence electrons. The van der Waals surface area contributed by atoms with Crippen molar-refractivity contribution < 1.29 is 5.11 Å². The molecule has 0 fully saturated rings. The number of benzene rings is 1. The van der Waals surface area contributed by atoms with Crippen LogP contribution in [-0.4, -0.2) is 5.11 Å². The van der Waals surface area contributed by atoms with E-state index in [1.54, 1.807) is 0 Å². The Hall–Kier alpha value is -0.820. The molecule has 1 heteroatoms. The number of hydrogen-bond acceptors (Lipinski definition) is 1. The Labute approximate surface area is 86.8 Å². The minimum atomic E-state index is 0.134. The molecule has 14 heavy (non-hydrogen) atoms. The fourth-order valence-corrected chi connectivity index (χ4v) is 1.67. The molecule has 0 spiro atoms. The maximum absolute atomic E-state index is 8.95. The number of aliphatic hydroxyl groups excluding tert-OH is 1. The highest BCUT2D eigenvalue weighted by atomic mass is 16.3. The molecule has 0 heterocycles. The van der Waals surface area contributed by atoms with Crippen LogP contribution in [0.4, 0.5) is 0 Å². The third kappa shape index (κ3) is 2.16. The first-order chi connectivity index (χ1) is 6.66. The number of hydrogen-bond donors (Lipinski definition) is 1. The fraction of sp³-hybridized carbons (Fsp3) is 0.538. The lowest BCUT2D eigenvalue weighted by molar-refractivity contribution is 0.281. The van der Waals surface area contributed by atoms with E-state index in [4.69, 9.17) is 5.11 Å². The fourth-order valence-electron chi connectivity index (χ4n) is 1.67. The summed E-state index contributed by atoms with van der Waals surface area (Å²) in [5.41, 5.74) is 2.65. The minimum absolute atomic E-state index is 0.134. The van der Waals surface area contributed by atoms with Crippen LogP contribution in [0.15, 0.2) is 24.3 Å². The molecule has 1 aromatic rings. The Balaban J connectivity index is 2.95. The van der Waals surface area contributed by atoms with Gasteiger partial charge in [0.25, 0.3) is 0 Å². The lowest BCUT2D eigenvalue weighted by atomic mass is 9.78. The van der Waals surface area contributed by atoms with Gasteiger partial charge >= 0.3 is 0 Å². The van der Waals surface area contributed by atoms with Crippen molar-refractivity contribution in [2.75, 3.05) is 0 Å². The molecule has 1 nitrogen and oxygen atoms in total. The average molecular weight is 192 g/mol. The Morgan fingerprint density at radius 1 is 1.07 bits per heavy atom. The van der Waals surface area contributed by atoms with Gasteiger partial charge in [-0.2, -0.15) is 0 Å². The Morgan fingerprint density at radius 3 is 1.93 bits per heavy atom. The van der Waals surface area contributed by atoms with E-state index >= 15 is 0 Å². The van der Waals surface area contributed by atoms with E-state index < -0.39 is 0 Å². The molecule has 0 aliphatic rings. The molecule has 0 aliphatic heterocycles. The lowest BCUT2D eigenvalue weighted by Gasteiger charge is -2.27. The SMILES string of the molecule is CCC(C)(CC)c1ccc(CO)cc1. The second-order valence-corrected chi connectivity index (χ2v) is 4.12. The van der Waals surface area contributed by atoms with Gasteiger partial charge in [0.1, 0.15) is 0 Å². The zero-order valence-electron chi connectivity index (χ0n) is 9.38. The molecule has 0 saturated carbocycles. The van der Waals surface area contributed by atoms with Crippen LogP contribution in [-0.2, 0) is 12.0 Å². The lowest BCUT2D eigenvalue weighted by Crippen LogP contribution is -2.19. The monoisotopic (exact) mass is 192 g/mol. The van der Waals surface area contributed by atoms with Crippen LogP contribution in [0.5, 0.6) is 0 Å². The van der Waals surface area contributed by atoms with Crippen molar-refractivity contribution in [3.63, 3.8) is 0 Å². The first-order valence-electron chi connectivity index (χ1n) is 5.36. The van der Waals surface area contributed by atoms with Gasteiger partial charge in [0, 0.05) is 0 Å². The minimum Gasteiger partial charge on any atom is -0.392 e. The summed E-state index contributed by atoms with van der Waals surface area (Å²) in [6, 6.07) is 8.30. The van der Waals surface area contributed by atoms with E-state index in [1.165, 1.54) is 5.56 Å². The highest BCUT2D eigenvalue weighted by molar-refractivity contribution is 5.28.